The molecule has 1 aliphatic heterocycles. The summed E-state index contributed by atoms with van der Waals surface area (Å²) in [4.78, 5) is 25.1. The van der Waals surface area contributed by atoms with Gasteiger partial charge >= 0.3 is 0 Å². The standard InChI is InChI=1S/C16H24N4O3.ClH/c1-12-5-9-19(10-6-12)14-4-3-13(11-15(14)20(22)23)16(21)18-8-7-17-2;/h3-4,11-12,17H,5-10H2,1-2H3,(H,18,21);1H. The van der Waals surface area contributed by atoms with E-state index >= 15 is 0 Å². The van der Waals surface area contributed by atoms with Gasteiger partial charge in [0.25, 0.3) is 11.6 Å². The van der Waals surface area contributed by atoms with Crippen molar-refractivity contribution < 1.29 is 9.72 Å². The zero-order chi connectivity index (χ0) is 16.8. The average Bonchev–Trinajstić information content (AvgIpc) is 2.55. The van der Waals surface area contributed by atoms with Crippen molar-refractivity contribution in [1.82, 2.24) is 10.6 Å². The number of carbonyl (C=O) groups is 1. The van der Waals surface area contributed by atoms with Crippen molar-refractivity contribution >= 4 is 29.7 Å². The molecule has 1 saturated heterocycles. The van der Waals surface area contributed by atoms with Crippen LogP contribution in [-0.4, -0.2) is 44.1 Å². The first-order chi connectivity index (χ1) is 11.0. The zero-order valence-corrected chi connectivity index (χ0v) is 14.9. The average molecular weight is 357 g/mol. The van der Waals surface area contributed by atoms with Gasteiger partial charge in [-0.25, -0.2) is 0 Å². The molecule has 0 atom stereocenters. The normalized spacial score (nSPS) is 14.8. The molecule has 2 N–H and O–H groups in total. The molecule has 2 rings (SSSR count). The van der Waals surface area contributed by atoms with Crippen LogP contribution in [0.15, 0.2) is 18.2 Å². The largest absolute Gasteiger partial charge is 0.366 e. The molecule has 0 radical (unpaired) electrons. The number of amides is 1. The molecule has 134 valence electrons. The fourth-order valence-electron chi connectivity index (χ4n) is 2.73. The summed E-state index contributed by atoms with van der Waals surface area (Å²) >= 11 is 0. The van der Waals surface area contributed by atoms with E-state index in [0.717, 1.165) is 25.9 Å². The fraction of sp³-hybridized carbons (Fsp3) is 0.562. The predicted molar refractivity (Wildman–Crippen MR) is 97.2 cm³/mol. The molecule has 0 saturated carbocycles. The maximum atomic E-state index is 12.0. The Morgan fingerprint density at radius 1 is 1.33 bits per heavy atom. The Bertz CT molecular complexity index is 574. The van der Waals surface area contributed by atoms with Gasteiger partial charge in [-0.15, -0.1) is 12.4 Å². The summed E-state index contributed by atoms with van der Waals surface area (Å²) in [7, 11) is 1.80. The highest BCUT2D eigenvalue weighted by atomic mass is 35.5. The SMILES string of the molecule is CNCCNC(=O)c1ccc(N2CCC(C)CC2)c([N+](=O)[O-])c1.Cl. The number of likely N-dealkylation sites (N-methyl/N-ethyl adjacent to an activating group) is 1. The minimum absolute atomic E-state index is 0. The predicted octanol–water partition coefficient (Wildman–Crippen LogP) is 2.20. The van der Waals surface area contributed by atoms with Crippen molar-refractivity contribution in [2.45, 2.75) is 19.8 Å². The molecule has 0 spiro atoms. The summed E-state index contributed by atoms with van der Waals surface area (Å²) < 4.78 is 0. The highest BCUT2D eigenvalue weighted by Gasteiger charge is 2.24. The topological polar surface area (TPSA) is 87.5 Å². The molecule has 8 heteroatoms. The Balaban J connectivity index is 0.00000288. The van der Waals surface area contributed by atoms with Crippen LogP contribution >= 0.6 is 12.4 Å². The molecule has 7 nitrogen and oxygen atoms in total. The van der Waals surface area contributed by atoms with Crippen molar-refractivity contribution in [2.75, 3.05) is 38.1 Å². The molecule has 1 amide bonds. The van der Waals surface area contributed by atoms with E-state index in [4.69, 9.17) is 0 Å². The number of nitro benzene ring substituents is 1. The lowest BCUT2D eigenvalue weighted by atomic mass is 9.98. The van der Waals surface area contributed by atoms with E-state index in [1.165, 1.54) is 6.07 Å². The van der Waals surface area contributed by atoms with Gasteiger partial charge in [-0.3, -0.25) is 14.9 Å². The molecular weight excluding hydrogens is 332 g/mol. The van der Waals surface area contributed by atoms with Crippen LogP contribution in [0.1, 0.15) is 30.1 Å². The number of halogens is 1. The number of anilines is 1. The lowest BCUT2D eigenvalue weighted by Crippen LogP contribution is -2.33. The summed E-state index contributed by atoms with van der Waals surface area (Å²) in [6.07, 6.45) is 2.06. The number of hydrogen-bond acceptors (Lipinski definition) is 5. The number of rotatable bonds is 6. The number of nitrogens with zero attached hydrogens (tertiary/aromatic N) is 2. The number of nitro groups is 1. The van der Waals surface area contributed by atoms with Gasteiger partial charge in [0.2, 0.25) is 0 Å². The highest BCUT2D eigenvalue weighted by molar-refractivity contribution is 5.95. The summed E-state index contributed by atoms with van der Waals surface area (Å²) in [5, 5.41) is 17.1. The van der Waals surface area contributed by atoms with E-state index in [2.05, 4.69) is 17.6 Å². The van der Waals surface area contributed by atoms with E-state index in [1.807, 2.05) is 4.90 Å². The molecule has 1 aromatic rings. The van der Waals surface area contributed by atoms with Crippen molar-refractivity contribution in [2.24, 2.45) is 5.92 Å². The maximum absolute atomic E-state index is 12.0. The van der Waals surface area contributed by atoms with Crippen molar-refractivity contribution in [3.05, 3.63) is 33.9 Å². The van der Waals surface area contributed by atoms with E-state index < -0.39 is 4.92 Å². The highest BCUT2D eigenvalue weighted by Crippen LogP contribution is 2.32. The lowest BCUT2D eigenvalue weighted by Gasteiger charge is -2.31. The number of piperidine rings is 1. The third-order valence-corrected chi connectivity index (χ3v) is 4.22. The number of nitrogens with one attached hydrogen (secondary N) is 2. The smallest absolute Gasteiger partial charge is 0.293 e. The van der Waals surface area contributed by atoms with Crippen LogP contribution in [0.4, 0.5) is 11.4 Å². The molecule has 0 bridgehead atoms. The third-order valence-electron chi connectivity index (χ3n) is 4.22. The van der Waals surface area contributed by atoms with Gasteiger partial charge in [-0.05, 0) is 37.9 Å². The van der Waals surface area contributed by atoms with Gasteiger partial charge < -0.3 is 15.5 Å². The van der Waals surface area contributed by atoms with Crippen LogP contribution in [0.5, 0.6) is 0 Å². The summed E-state index contributed by atoms with van der Waals surface area (Å²) in [5.74, 6) is 0.365. The van der Waals surface area contributed by atoms with Crippen molar-refractivity contribution in [1.29, 1.82) is 0 Å². The minimum Gasteiger partial charge on any atom is -0.366 e. The second-order valence-electron chi connectivity index (χ2n) is 5.99. The second-order valence-corrected chi connectivity index (χ2v) is 5.99. The summed E-state index contributed by atoms with van der Waals surface area (Å²) in [6, 6.07) is 4.73. The minimum atomic E-state index is -0.405. The van der Waals surface area contributed by atoms with E-state index in [0.29, 0.717) is 30.3 Å². The quantitative estimate of drug-likeness (QED) is 0.463. The number of hydrogen-bond donors (Lipinski definition) is 2. The molecular formula is C16H25ClN4O3. The van der Waals surface area contributed by atoms with Gasteiger partial charge in [-0.2, -0.15) is 0 Å². The van der Waals surface area contributed by atoms with Crippen LogP contribution in [0.2, 0.25) is 0 Å². The van der Waals surface area contributed by atoms with Crippen LogP contribution < -0.4 is 15.5 Å². The van der Waals surface area contributed by atoms with Crippen molar-refractivity contribution in [3.8, 4) is 0 Å². The zero-order valence-electron chi connectivity index (χ0n) is 14.1. The van der Waals surface area contributed by atoms with Crippen LogP contribution in [0.25, 0.3) is 0 Å². The van der Waals surface area contributed by atoms with Gasteiger partial charge in [0, 0.05) is 37.8 Å². The van der Waals surface area contributed by atoms with Crippen LogP contribution in [0.3, 0.4) is 0 Å². The van der Waals surface area contributed by atoms with Crippen LogP contribution in [-0.2, 0) is 0 Å². The monoisotopic (exact) mass is 356 g/mol. The first-order valence-corrected chi connectivity index (χ1v) is 7.99. The molecule has 0 unspecified atom stereocenters. The fourth-order valence-corrected chi connectivity index (χ4v) is 2.73. The second kappa shape index (κ2) is 9.44. The van der Waals surface area contributed by atoms with Gasteiger partial charge in [0.1, 0.15) is 5.69 Å². The molecule has 1 fully saturated rings. The van der Waals surface area contributed by atoms with E-state index in [9.17, 15) is 14.9 Å². The summed E-state index contributed by atoms with van der Waals surface area (Å²) in [6.45, 7) is 4.96. The summed E-state index contributed by atoms with van der Waals surface area (Å²) in [5.41, 5.74) is 0.927. The lowest BCUT2D eigenvalue weighted by molar-refractivity contribution is -0.384. The molecule has 0 aliphatic carbocycles. The first-order valence-electron chi connectivity index (χ1n) is 7.99. The molecule has 1 aliphatic rings. The Morgan fingerprint density at radius 3 is 2.58 bits per heavy atom. The third kappa shape index (κ3) is 5.07. The number of benzene rings is 1. The first kappa shape index (κ1) is 20.2. The van der Waals surface area contributed by atoms with Gasteiger partial charge in [-0.1, -0.05) is 6.92 Å². The maximum Gasteiger partial charge on any atom is 0.293 e. The molecule has 24 heavy (non-hydrogen) atoms. The molecule has 1 heterocycles. The Morgan fingerprint density at radius 2 is 2.00 bits per heavy atom. The van der Waals surface area contributed by atoms with Gasteiger partial charge in [0.15, 0.2) is 0 Å². The Labute approximate surface area is 148 Å². The number of carbonyl (C=O) groups excluding carboxylic acids is 1. The van der Waals surface area contributed by atoms with Crippen LogP contribution in [0, 0.1) is 16.0 Å². The Kier molecular flexibility index (Phi) is 7.94. The molecule has 1 aromatic carbocycles. The molecule has 0 aromatic heterocycles. The van der Waals surface area contributed by atoms with Crippen molar-refractivity contribution in [3.63, 3.8) is 0 Å². The Hall–Kier alpha value is -1.86. The van der Waals surface area contributed by atoms with E-state index in [-0.39, 0.29) is 24.0 Å². The van der Waals surface area contributed by atoms with E-state index in [1.54, 1.807) is 19.2 Å². The van der Waals surface area contributed by atoms with Gasteiger partial charge in [0.05, 0.1) is 4.92 Å².